The number of ether oxygens (including phenoxy) is 1. The Morgan fingerprint density at radius 1 is 1.40 bits per heavy atom. The second kappa shape index (κ2) is 5.73. The normalized spacial score (nSPS) is 10.6. The summed E-state index contributed by atoms with van der Waals surface area (Å²) in [5.74, 6) is 0.403. The molecule has 0 spiro atoms. The van der Waals surface area contributed by atoms with Gasteiger partial charge in [0.05, 0.1) is 6.61 Å². The Kier molecular flexibility index (Phi) is 4.59. The molecule has 84 valence electrons. The van der Waals surface area contributed by atoms with E-state index in [1.54, 1.807) is 7.11 Å². The first kappa shape index (κ1) is 12.0. The maximum absolute atomic E-state index is 9.95. The van der Waals surface area contributed by atoms with Crippen LogP contribution >= 0.6 is 0 Å². The first-order valence-electron chi connectivity index (χ1n) is 5.14. The number of rotatable bonds is 5. The van der Waals surface area contributed by atoms with Gasteiger partial charge in [0.1, 0.15) is 5.75 Å². The van der Waals surface area contributed by atoms with Crippen LogP contribution in [0.1, 0.15) is 16.7 Å². The van der Waals surface area contributed by atoms with Gasteiger partial charge >= 0.3 is 0 Å². The lowest BCUT2D eigenvalue weighted by molar-refractivity contribution is 0.183. The molecule has 15 heavy (non-hydrogen) atoms. The fourth-order valence-electron chi connectivity index (χ4n) is 1.61. The highest BCUT2D eigenvalue weighted by molar-refractivity contribution is 5.45. The number of benzene rings is 1. The summed E-state index contributed by atoms with van der Waals surface area (Å²) in [5.41, 5.74) is 2.98. The molecule has 0 bridgehead atoms. The van der Waals surface area contributed by atoms with Gasteiger partial charge in [-0.3, -0.25) is 0 Å². The lowest BCUT2D eigenvalue weighted by Crippen LogP contribution is -2.12. The highest BCUT2D eigenvalue weighted by Crippen LogP contribution is 2.26. The van der Waals surface area contributed by atoms with Crippen LogP contribution < -0.4 is 5.32 Å². The number of aromatic hydroxyl groups is 1. The lowest BCUT2D eigenvalue weighted by Gasteiger charge is -2.12. The standard InChI is InChI=1S/C12H19NO2/c1-9-4-5-10(8-15-3)11(12(9)14)6-7-13-2/h4-5,13-14H,6-8H2,1-3H3. The first-order chi connectivity index (χ1) is 7.20. The second-order valence-corrected chi connectivity index (χ2v) is 3.66. The van der Waals surface area contributed by atoms with E-state index in [0.717, 1.165) is 29.7 Å². The number of hydrogen-bond acceptors (Lipinski definition) is 3. The molecule has 0 aliphatic rings. The van der Waals surface area contributed by atoms with E-state index < -0.39 is 0 Å². The molecular weight excluding hydrogens is 190 g/mol. The van der Waals surface area contributed by atoms with Crippen molar-refractivity contribution in [3.05, 3.63) is 28.8 Å². The summed E-state index contributed by atoms with van der Waals surface area (Å²) >= 11 is 0. The molecular formula is C12H19NO2. The van der Waals surface area contributed by atoms with Gasteiger partial charge in [0.15, 0.2) is 0 Å². The van der Waals surface area contributed by atoms with Crippen LogP contribution in [0.25, 0.3) is 0 Å². The summed E-state index contributed by atoms with van der Waals surface area (Å²) in [7, 11) is 3.57. The van der Waals surface area contributed by atoms with Crippen molar-refractivity contribution in [2.75, 3.05) is 20.7 Å². The average Bonchev–Trinajstić information content (AvgIpc) is 2.23. The van der Waals surface area contributed by atoms with Crippen molar-refractivity contribution < 1.29 is 9.84 Å². The Hall–Kier alpha value is -1.06. The molecule has 2 N–H and O–H groups in total. The van der Waals surface area contributed by atoms with Gasteiger partial charge in [0.2, 0.25) is 0 Å². The Morgan fingerprint density at radius 3 is 2.73 bits per heavy atom. The second-order valence-electron chi connectivity index (χ2n) is 3.66. The molecule has 0 fully saturated rings. The summed E-state index contributed by atoms with van der Waals surface area (Å²) < 4.78 is 5.11. The van der Waals surface area contributed by atoms with Gasteiger partial charge in [-0.25, -0.2) is 0 Å². The predicted octanol–water partition coefficient (Wildman–Crippen LogP) is 1.61. The van der Waals surface area contributed by atoms with Crippen LogP contribution in [0.3, 0.4) is 0 Å². The van der Waals surface area contributed by atoms with Crippen LogP contribution in [0.5, 0.6) is 5.75 Å². The number of phenolic OH excluding ortho intramolecular Hbond substituents is 1. The van der Waals surface area contributed by atoms with Crippen LogP contribution in [-0.2, 0) is 17.8 Å². The van der Waals surface area contributed by atoms with Gasteiger partial charge < -0.3 is 15.2 Å². The Morgan fingerprint density at radius 2 is 2.13 bits per heavy atom. The molecule has 0 aromatic heterocycles. The summed E-state index contributed by atoms with van der Waals surface area (Å²) in [5, 5.41) is 13.0. The van der Waals surface area contributed by atoms with Crippen molar-refractivity contribution in [2.24, 2.45) is 0 Å². The fraction of sp³-hybridized carbons (Fsp3) is 0.500. The van der Waals surface area contributed by atoms with Crippen molar-refractivity contribution in [1.82, 2.24) is 5.32 Å². The van der Waals surface area contributed by atoms with E-state index in [0.29, 0.717) is 12.4 Å². The Balaban J connectivity index is 2.99. The monoisotopic (exact) mass is 209 g/mol. The summed E-state index contributed by atoms with van der Waals surface area (Å²) in [6.07, 6.45) is 0.822. The van der Waals surface area contributed by atoms with Crippen LogP contribution in [-0.4, -0.2) is 25.8 Å². The zero-order valence-electron chi connectivity index (χ0n) is 9.63. The first-order valence-corrected chi connectivity index (χ1v) is 5.14. The zero-order chi connectivity index (χ0) is 11.3. The molecule has 0 heterocycles. The van der Waals surface area contributed by atoms with Crippen LogP contribution in [0, 0.1) is 6.92 Å². The van der Waals surface area contributed by atoms with Gasteiger partial charge in [-0.1, -0.05) is 12.1 Å². The van der Waals surface area contributed by atoms with Crippen molar-refractivity contribution in [3.63, 3.8) is 0 Å². The molecule has 1 rings (SSSR count). The topological polar surface area (TPSA) is 41.5 Å². The minimum atomic E-state index is 0.403. The predicted molar refractivity (Wildman–Crippen MR) is 61.2 cm³/mol. The largest absolute Gasteiger partial charge is 0.507 e. The molecule has 0 saturated heterocycles. The Labute approximate surface area is 91.1 Å². The maximum atomic E-state index is 9.95. The number of nitrogens with one attached hydrogen (secondary N) is 1. The molecule has 0 aliphatic heterocycles. The molecule has 0 saturated carbocycles. The van der Waals surface area contributed by atoms with E-state index >= 15 is 0 Å². The van der Waals surface area contributed by atoms with Gasteiger partial charge in [-0.2, -0.15) is 0 Å². The third kappa shape index (κ3) is 2.94. The quantitative estimate of drug-likeness (QED) is 0.774. The minimum Gasteiger partial charge on any atom is -0.507 e. The van der Waals surface area contributed by atoms with Crippen molar-refractivity contribution in [2.45, 2.75) is 20.0 Å². The summed E-state index contributed by atoms with van der Waals surface area (Å²) in [6.45, 7) is 3.31. The molecule has 1 aromatic carbocycles. The van der Waals surface area contributed by atoms with Crippen LogP contribution in [0.2, 0.25) is 0 Å². The average molecular weight is 209 g/mol. The van der Waals surface area contributed by atoms with E-state index in [4.69, 9.17) is 4.74 Å². The molecule has 1 aromatic rings. The third-order valence-corrected chi connectivity index (χ3v) is 2.51. The molecule has 0 radical (unpaired) electrons. The van der Waals surface area contributed by atoms with E-state index in [2.05, 4.69) is 5.32 Å². The lowest BCUT2D eigenvalue weighted by atomic mass is 10.0. The smallest absolute Gasteiger partial charge is 0.122 e. The van der Waals surface area contributed by atoms with Crippen molar-refractivity contribution >= 4 is 0 Å². The molecule has 0 amide bonds. The molecule has 3 heteroatoms. The van der Waals surface area contributed by atoms with Gasteiger partial charge in [0.25, 0.3) is 0 Å². The molecule has 0 aliphatic carbocycles. The van der Waals surface area contributed by atoms with Crippen LogP contribution in [0.15, 0.2) is 12.1 Å². The molecule has 0 atom stereocenters. The minimum absolute atomic E-state index is 0.403. The van der Waals surface area contributed by atoms with Crippen LogP contribution in [0.4, 0.5) is 0 Å². The van der Waals surface area contributed by atoms with Crippen molar-refractivity contribution in [3.8, 4) is 5.75 Å². The number of likely N-dealkylation sites (N-methyl/N-ethyl adjacent to an activating group) is 1. The van der Waals surface area contributed by atoms with Gasteiger partial charge in [-0.15, -0.1) is 0 Å². The SMILES string of the molecule is CNCCc1c(COC)ccc(C)c1O. The van der Waals surface area contributed by atoms with Crippen molar-refractivity contribution in [1.29, 1.82) is 0 Å². The van der Waals surface area contributed by atoms with E-state index in [-0.39, 0.29) is 0 Å². The fourth-order valence-corrected chi connectivity index (χ4v) is 1.61. The highest BCUT2D eigenvalue weighted by Gasteiger charge is 2.09. The van der Waals surface area contributed by atoms with Gasteiger partial charge in [0, 0.05) is 12.7 Å². The zero-order valence-corrected chi connectivity index (χ0v) is 9.63. The highest BCUT2D eigenvalue weighted by atomic mass is 16.5. The molecule has 3 nitrogen and oxygen atoms in total. The Bertz CT molecular complexity index is 324. The van der Waals surface area contributed by atoms with Gasteiger partial charge in [-0.05, 0) is 38.1 Å². The number of aryl methyl sites for hydroxylation is 1. The summed E-state index contributed by atoms with van der Waals surface area (Å²) in [6, 6.07) is 3.94. The number of methoxy groups -OCH3 is 1. The van der Waals surface area contributed by atoms with E-state index in [9.17, 15) is 5.11 Å². The van der Waals surface area contributed by atoms with E-state index in [1.165, 1.54) is 0 Å². The van der Waals surface area contributed by atoms with E-state index in [1.807, 2.05) is 26.1 Å². The number of phenols is 1. The maximum Gasteiger partial charge on any atom is 0.122 e. The molecule has 0 unspecified atom stereocenters. The third-order valence-electron chi connectivity index (χ3n) is 2.51. The summed E-state index contributed by atoms with van der Waals surface area (Å²) in [4.78, 5) is 0. The number of hydrogen-bond donors (Lipinski definition) is 2.